The molecule has 0 radical (unpaired) electrons. The van der Waals surface area contributed by atoms with Crippen molar-refractivity contribution in [3.63, 3.8) is 0 Å². The van der Waals surface area contributed by atoms with Gasteiger partial charge in [-0.05, 0) is 49.9 Å². The fraction of sp³-hybridized carbons (Fsp3) is 0.250. The number of rotatable bonds is 5. The summed E-state index contributed by atoms with van der Waals surface area (Å²) in [4.78, 5) is 32.1. The molecule has 0 saturated heterocycles. The summed E-state index contributed by atoms with van der Waals surface area (Å²) in [6, 6.07) is 21.2. The molecule has 3 aromatic rings. The van der Waals surface area contributed by atoms with Crippen LogP contribution in [0.1, 0.15) is 37.0 Å². The highest BCUT2D eigenvalue weighted by molar-refractivity contribution is 8.02. The summed E-state index contributed by atoms with van der Waals surface area (Å²) in [5.74, 6) is 0.538. The first-order valence-corrected chi connectivity index (χ1v) is 13.4. The topological polar surface area (TPSA) is 155 Å². The molecule has 1 unspecified atom stereocenters. The molecule has 3 aromatic carbocycles. The molecule has 0 aliphatic carbocycles. The number of carbonyl (C=O) groups excluding carboxylic acids is 1. The molecule has 206 valence electrons. The van der Waals surface area contributed by atoms with E-state index in [1.807, 2.05) is 30.3 Å². The van der Waals surface area contributed by atoms with Crippen LogP contribution in [0.2, 0.25) is 0 Å². The Labute approximate surface area is 235 Å². The second-order valence-electron chi connectivity index (χ2n) is 9.59. The maximum absolute atomic E-state index is 11.1. The van der Waals surface area contributed by atoms with E-state index in [1.54, 1.807) is 11.8 Å². The van der Waals surface area contributed by atoms with E-state index in [0.29, 0.717) is 5.84 Å². The third kappa shape index (κ3) is 6.18. The molecule has 11 nitrogen and oxygen atoms in total. The van der Waals surface area contributed by atoms with Gasteiger partial charge in [0.2, 0.25) is 0 Å². The monoisotopic (exact) mass is 560 g/mol. The van der Waals surface area contributed by atoms with Gasteiger partial charge >= 0.3 is 11.4 Å². The van der Waals surface area contributed by atoms with E-state index < -0.39 is 21.2 Å². The van der Waals surface area contributed by atoms with Crippen molar-refractivity contribution in [1.82, 2.24) is 5.43 Å². The number of hydrogen-bond donors (Lipinski definition) is 2. The first-order chi connectivity index (χ1) is 19.1. The minimum Gasteiger partial charge on any atom is -0.326 e. The quantitative estimate of drug-likeness (QED) is 0.140. The van der Waals surface area contributed by atoms with Crippen LogP contribution >= 0.6 is 11.8 Å². The zero-order valence-corrected chi connectivity index (χ0v) is 22.8. The van der Waals surface area contributed by atoms with Crippen LogP contribution in [0.3, 0.4) is 0 Å². The number of para-hydroxylation sites is 2. The Hall–Kier alpha value is -4.58. The van der Waals surface area contributed by atoms with Gasteiger partial charge in [0.25, 0.3) is 0 Å². The lowest BCUT2D eigenvalue weighted by atomic mass is 9.93. The number of amidine groups is 1. The van der Waals surface area contributed by atoms with Crippen LogP contribution in [0.15, 0.2) is 77.9 Å². The number of hydrazone groups is 1. The van der Waals surface area contributed by atoms with E-state index in [1.165, 1.54) is 17.7 Å². The van der Waals surface area contributed by atoms with Gasteiger partial charge in [0.05, 0.1) is 20.3 Å². The fourth-order valence-corrected chi connectivity index (χ4v) is 5.71. The molecule has 5 rings (SSSR count). The number of fused-ring (bicyclic) bond motifs is 1. The maximum Gasteiger partial charge on any atom is 0.346 e. The van der Waals surface area contributed by atoms with Gasteiger partial charge in [-0.3, -0.25) is 31.1 Å². The number of aldehydes is 1. The van der Waals surface area contributed by atoms with Crippen molar-refractivity contribution in [3.8, 4) is 0 Å². The van der Waals surface area contributed by atoms with Crippen molar-refractivity contribution in [3.05, 3.63) is 110 Å². The summed E-state index contributed by atoms with van der Waals surface area (Å²) in [5, 5.41) is 33.3. The van der Waals surface area contributed by atoms with Crippen molar-refractivity contribution < 1.29 is 14.6 Å². The molecule has 40 heavy (non-hydrogen) atoms. The number of thioether (sulfide) groups is 1. The molecule has 0 saturated carbocycles. The fourth-order valence-electron chi connectivity index (χ4n) is 4.63. The summed E-state index contributed by atoms with van der Waals surface area (Å²) < 4.78 is -0.254. The van der Waals surface area contributed by atoms with Crippen LogP contribution in [0.4, 0.5) is 17.1 Å². The summed E-state index contributed by atoms with van der Waals surface area (Å²) >= 11 is 1.58. The van der Waals surface area contributed by atoms with E-state index in [9.17, 15) is 25.0 Å². The van der Waals surface area contributed by atoms with E-state index in [0.717, 1.165) is 60.3 Å². The molecule has 0 amide bonds. The van der Waals surface area contributed by atoms with Crippen molar-refractivity contribution >= 4 is 46.7 Å². The second-order valence-corrected chi connectivity index (χ2v) is 11.4. The molecule has 2 N–H and O–H groups in total. The Morgan fingerprint density at radius 2 is 1.68 bits per heavy atom. The second kappa shape index (κ2) is 12.1. The van der Waals surface area contributed by atoms with Crippen LogP contribution in [0.5, 0.6) is 0 Å². The summed E-state index contributed by atoms with van der Waals surface area (Å²) in [6.45, 7) is 5.06. The van der Waals surface area contributed by atoms with E-state index >= 15 is 0 Å². The number of carbonyl (C=O) groups is 1. The number of nitro benzene ring substituents is 2. The number of anilines is 1. The lowest BCUT2D eigenvalue weighted by Gasteiger charge is -2.35. The molecule has 0 spiro atoms. The predicted octanol–water partition coefficient (Wildman–Crippen LogP) is 5.31. The molecular formula is C28H28N6O5S. The molecule has 0 fully saturated rings. The van der Waals surface area contributed by atoms with Gasteiger partial charge in [0.1, 0.15) is 11.2 Å². The normalized spacial score (nSPS) is 17.2. The van der Waals surface area contributed by atoms with Crippen LogP contribution < -0.4 is 10.3 Å². The molecule has 2 heterocycles. The minimum absolute atomic E-state index is 0.254. The Kier molecular flexibility index (Phi) is 8.58. The average molecular weight is 561 g/mol. The van der Waals surface area contributed by atoms with E-state index in [-0.39, 0.29) is 10.1 Å². The standard InChI is InChI=1S/C22H24N4OS.C6H4N2O4/c1-22(2)20(25-24-19(14-27)28-22)17-10-11-18-16(13-17)9-6-12-26(18)21(23)15-7-4-3-5-8-15;9-7(10)5-3-1-2-4-6(5)8(11)12/h3-5,7-8,10-11,13-14,19,23-24H,6,9,12H2,1-2H3;1-4H. The molecule has 0 bridgehead atoms. The first kappa shape index (κ1) is 28.4. The summed E-state index contributed by atoms with van der Waals surface area (Å²) in [6.07, 6.45) is 2.90. The van der Waals surface area contributed by atoms with E-state index in [4.69, 9.17) is 5.41 Å². The van der Waals surface area contributed by atoms with Gasteiger partial charge in [-0.2, -0.15) is 5.10 Å². The SMILES string of the molecule is CC1(C)SC(C=O)NN=C1c1ccc2c(c1)CCCN2C(=N)c1ccccc1.O=[N+]([O-])c1ccccc1[N+](=O)[O-]. The van der Waals surface area contributed by atoms with Crippen molar-refractivity contribution in [1.29, 1.82) is 5.41 Å². The number of nitrogens with zero attached hydrogens (tertiary/aromatic N) is 4. The zero-order chi connectivity index (χ0) is 28.9. The van der Waals surface area contributed by atoms with Crippen LogP contribution in [-0.4, -0.2) is 44.3 Å². The van der Waals surface area contributed by atoms with E-state index in [2.05, 4.69) is 47.5 Å². The third-order valence-corrected chi connectivity index (χ3v) is 7.74. The largest absolute Gasteiger partial charge is 0.346 e. The van der Waals surface area contributed by atoms with Gasteiger partial charge in [-0.15, -0.1) is 11.8 Å². The number of benzene rings is 3. The lowest BCUT2D eigenvalue weighted by Crippen LogP contribution is -2.42. The van der Waals surface area contributed by atoms with Crippen molar-refractivity contribution in [2.24, 2.45) is 5.10 Å². The maximum atomic E-state index is 11.1. The van der Waals surface area contributed by atoms with Crippen LogP contribution in [-0.2, 0) is 11.2 Å². The minimum atomic E-state index is -0.780. The van der Waals surface area contributed by atoms with Gasteiger partial charge in [0.15, 0.2) is 6.29 Å². The van der Waals surface area contributed by atoms with Gasteiger partial charge in [-0.1, -0.05) is 48.5 Å². The highest BCUT2D eigenvalue weighted by atomic mass is 32.2. The Balaban J connectivity index is 0.000000259. The smallest absolute Gasteiger partial charge is 0.326 e. The highest BCUT2D eigenvalue weighted by Gasteiger charge is 2.35. The Morgan fingerprint density at radius 1 is 1.05 bits per heavy atom. The number of aryl methyl sites for hydroxylation is 1. The Morgan fingerprint density at radius 3 is 2.25 bits per heavy atom. The Bertz CT molecular complexity index is 1440. The molecule has 12 heteroatoms. The van der Waals surface area contributed by atoms with Gasteiger partial charge < -0.3 is 9.69 Å². The van der Waals surface area contributed by atoms with Crippen molar-refractivity contribution in [2.75, 3.05) is 11.4 Å². The van der Waals surface area contributed by atoms with Gasteiger partial charge in [-0.25, -0.2) is 0 Å². The molecular weight excluding hydrogens is 532 g/mol. The summed E-state index contributed by atoms with van der Waals surface area (Å²) in [7, 11) is 0. The third-order valence-electron chi connectivity index (χ3n) is 6.48. The van der Waals surface area contributed by atoms with Crippen LogP contribution in [0, 0.1) is 25.6 Å². The predicted molar refractivity (Wildman–Crippen MR) is 156 cm³/mol. The zero-order valence-electron chi connectivity index (χ0n) is 21.9. The summed E-state index contributed by atoms with van der Waals surface area (Å²) in [5.41, 5.74) is 7.27. The molecule has 2 aliphatic heterocycles. The van der Waals surface area contributed by atoms with Gasteiger partial charge in [0, 0.05) is 29.9 Å². The molecule has 1 atom stereocenters. The highest BCUT2D eigenvalue weighted by Crippen LogP contribution is 2.36. The first-order valence-electron chi connectivity index (χ1n) is 12.5. The number of hydrogen-bond acceptors (Lipinski definition) is 9. The number of nitrogens with one attached hydrogen (secondary N) is 2. The lowest BCUT2D eigenvalue weighted by molar-refractivity contribution is -0.422. The molecule has 2 aliphatic rings. The van der Waals surface area contributed by atoms with Crippen molar-refractivity contribution in [2.45, 2.75) is 36.8 Å². The van der Waals surface area contributed by atoms with Crippen LogP contribution in [0.25, 0.3) is 0 Å². The molecule has 0 aromatic heterocycles. The number of nitro groups is 2. The average Bonchev–Trinajstić information content (AvgIpc) is 2.96.